The first-order chi connectivity index (χ1) is 5.48. The number of unbranched alkanes of at least 4 members (excludes halogenated alkanes) is 1. The summed E-state index contributed by atoms with van der Waals surface area (Å²) in [7, 11) is 0. The van der Waals surface area contributed by atoms with Crippen LogP contribution in [0.5, 0.6) is 0 Å². The van der Waals surface area contributed by atoms with Crippen molar-refractivity contribution < 1.29 is 4.79 Å². The maximum Gasteiger partial charge on any atom is 0.225 e. The summed E-state index contributed by atoms with van der Waals surface area (Å²) in [5.74, 6) is 2.61. The molecule has 0 spiro atoms. The lowest BCUT2D eigenvalue weighted by Gasteiger charge is -2.17. The van der Waals surface area contributed by atoms with Crippen LogP contribution < -0.4 is 5.32 Å². The van der Waals surface area contributed by atoms with Gasteiger partial charge in [0.25, 0.3) is 0 Å². The summed E-state index contributed by atoms with van der Waals surface area (Å²) >= 11 is 0. The van der Waals surface area contributed by atoms with Gasteiger partial charge in [-0.3, -0.25) is 4.79 Å². The van der Waals surface area contributed by atoms with E-state index in [1.807, 2.05) is 20.8 Å². The Balaban J connectivity index is 3.53. The molecule has 1 amide bonds. The first kappa shape index (κ1) is 11.0. The second-order valence-electron chi connectivity index (χ2n) is 3.81. The molecule has 0 aromatic carbocycles. The molecule has 0 unspecified atom stereocenters. The molecule has 0 atom stereocenters. The molecule has 0 radical (unpaired) electrons. The molecule has 0 saturated carbocycles. The van der Waals surface area contributed by atoms with Crippen LogP contribution in [0, 0.1) is 17.8 Å². The molecule has 0 aromatic rings. The predicted octanol–water partition coefficient (Wildman–Crippen LogP) is 1.56. The van der Waals surface area contributed by atoms with Crippen LogP contribution in [0.3, 0.4) is 0 Å². The van der Waals surface area contributed by atoms with Gasteiger partial charge in [0, 0.05) is 18.4 Å². The average molecular weight is 167 g/mol. The zero-order chi connectivity index (χ0) is 9.61. The van der Waals surface area contributed by atoms with Crippen LogP contribution in [0.2, 0.25) is 0 Å². The number of amides is 1. The van der Waals surface area contributed by atoms with Crippen LogP contribution in [0.4, 0.5) is 0 Å². The van der Waals surface area contributed by atoms with E-state index in [2.05, 4.69) is 11.2 Å². The van der Waals surface area contributed by atoms with Gasteiger partial charge >= 0.3 is 0 Å². The number of nitrogens with one attached hydrogen (secondary N) is 1. The van der Waals surface area contributed by atoms with E-state index in [-0.39, 0.29) is 11.3 Å². The summed E-state index contributed by atoms with van der Waals surface area (Å²) in [6.45, 7) is 6.36. The molecule has 0 heterocycles. The van der Waals surface area contributed by atoms with Crippen molar-refractivity contribution in [3.63, 3.8) is 0 Å². The highest BCUT2D eigenvalue weighted by Crippen LogP contribution is 2.12. The number of terminal acetylenes is 1. The van der Waals surface area contributed by atoms with Crippen molar-refractivity contribution in [2.45, 2.75) is 33.6 Å². The van der Waals surface area contributed by atoms with Crippen molar-refractivity contribution in [2.24, 2.45) is 5.41 Å². The molecule has 2 nitrogen and oxygen atoms in total. The van der Waals surface area contributed by atoms with Crippen molar-refractivity contribution in [3.8, 4) is 12.3 Å². The average Bonchev–Trinajstić information content (AvgIpc) is 1.96. The topological polar surface area (TPSA) is 29.1 Å². The Morgan fingerprint density at radius 1 is 1.50 bits per heavy atom. The molecule has 0 aliphatic carbocycles. The Morgan fingerprint density at radius 3 is 2.50 bits per heavy atom. The van der Waals surface area contributed by atoms with Gasteiger partial charge < -0.3 is 5.32 Å². The third kappa shape index (κ3) is 4.79. The highest BCUT2D eigenvalue weighted by Gasteiger charge is 2.19. The van der Waals surface area contributed by atoms with E-state index >= 15 is 0 Å². The molecule has 0 saturated heterocycles. The van der Waals surface area contributed by atoms with Crippen LogP contribution in [-0.2, 0) is 4.79 Å². The summed E-state index contributed by atoms with van der Waals surface area (Å²) in [6, 6.07) is 0. The predicted molar refractivity (Wildman–Crippen MR) is 50.5 cm³/mol. The van der Waals surface area contributed by atoms with E-state index in [0.29, 0.717) is 6.54 Å². The molecule has 0 fully saturated rings. The Labute approximate surface area is 74.7 Å². The zero-order valence-corrected chi connectivity index (χ0v) is 8.11. The fraction of sp³-hybridized carbons (Fsp3) is 0.700. The van der Waals surface area contributed by atoms with Crippen LogP contribution in [0.25, 0.3) is 0 Å². The largest absolute Gasteiger partial charge is 0.356 e. The monoisotopic (exact) mass is 167 g/mol. The van der Waals surface area contributed by atoms with E-state index in [9.17, 15) is 4.79 Å². The molecule has 1 N–H and O–H groups in total. The van der Waals surface area contributed by atoms with E-state index in [1.165, 1.54) is 0 Å². The molecule has 0 aliphatic rings. The summed E-state index contributed by atoms with van der Waals surface area (Å²) < 4.78 is 0. The number of carbonyl (C=O) groups excluding carboxylic acids is 1. The summed E-state index contributed by atoms with van der Waals surface area (Å²) in [5.41, 5.74) is -0.295. The van der Waals surface area contributed by atoms with E-state index < -0.39 is 0 Å². The van der Waals surface area contributed by atoms with Crippen LogP contribution >= 0.6 is 0 Å². The van der Waals surface area contributed by atoms with E-state index in [1.54, 1.807) is 0 Å². The Morgan fingerprint density at radius 2 is 2.08 bits per heavy atom. The van der Waals surface area contributed by atoms with Crippen molar-refractivity contribution in [1.29, 1.82) is 0 Å². The van der Waals surface area contributed by atoms with Crippen molar-refractivity contribution >= 4 is 5.91 Å². The molecule has 0 aliphatic heterocycles. The van der Waals surface area contributed by atoms with Crippen LogP contribution in [-0.4, -0.2) is 12.5 Å². The Hall–Kier alpha value is -0.970. The number of hydrogen-bond donors (Lipinski definition) is 1. The minimum Gasteiger partial charge on any atom is -0.356 e. The second-order valence-corrected chi connectivity index (χ2v) is 3.81. The third-order valence-corrected chi connectivity index (χ3v) is 1.46. The lowest BCUT2D eigenvalue weighted by atomic mass is 9.96. The van der Waals surface area contributed by atoms with Crippen LogP contribution in [0.15, 0.2) is 0 Å². The molecule has 2 heteroatoms. The summed E-state index contributed by atoms with van der Waals surface area (Å²) in [6.07, 6.45) is 6.65. The molecule has 12 heavy (non-hydrogen) atoms. The quantitative estimate of drug-likeness (QED) is 0.501. The zero-order valence-electron chi connectivity index (χ0n) is 8.11. The van der Waals surface area contributed by atoms with Gasteiger partial charge in [-0.15, -0.1) is 12.3 Å². The number of rotatable bonds is 3. The highest BCUT2D eigenvalue weighted by atomic mass is 16.2. The third-order valence-electron chi connectivity index (χ3n) is 1.46. The van der Waals surface area contributed by atoms with Gasteiger partial charge in [0.1, 0.15) is 0 Å². The molecule has 68 valence electrons. The van der Waals surface area contributed by atoms with E-state index in [0.717, 1.165) is 12.8 Å². The normalized spacial score (nSPS) is 10.5. The van der Waals surface area contributed by atoms with Gasteiger partial charge in [0.15, 0.2) is 0 Å². The summed E-state index contributed by atoms with van der Waals surface area (Å²) in [4.78, 5) is 11.3. The molecular weight excluding hydrogens is 150 g/mol. The minimum atomic E-state index is -0.295. The summed E-state index contributed by atoms with van der Waals surface area (Å²) in [5, 5.41) is 2.82. The molecule has 0 aromatic heterocycles. The maximum absolute atomic E-state index is 11.3. The molecule has 0 bridgehead atoms. The smallest absolute Gasteiger partial charge is 0.225 e. The number of hydrogen-bond acceptors (Lipinski definition) is 1. The van der Waals surface area contributed by atoms with E-state index in [4.69, 9.17) is 6.42 Å². The first-order valence-corrected chi connectivity index (χ1v) is 4.20. The molecular formula is C10H17NO. The second kappa shape index (κ2) is 4.82. The van der Waals surface area contributed by atoms with Gasteiger partial charge in [-0.05, 0) is 6.42 Å². The van der Waals surface area contributed by atoms with Crippen molar-refractivity contribution in [3.05, 3.63) is 0 Å². The first-order valence-electron chi connectivity index (χ1n) is 4.20. The number of carbonyl (C=O) groups is 1. The van der Waals surface area contributed by atoms with Gasteiger partial charge in [-0.1, -0.05) is 20.8 Å². The minimum absolute atomic E-state index is 0.0829. The Kier molecular flexibility index (Phi) is 4.43. The maximum atomic E-state index is 11.3. The molecule has 0 rings (SSSR count). The standard InChI is InChI=1S/C10H17NO/c1-5-6-7-8-11-9(12)10(2,3)4/h1H,6-8H2,2-4H3,(H,11,12). The van der Waals surface area contributed by atoms with Crippen molar-refractivity contribution in [2.75, 3.05) is 6.54 Å². The lowest BCUT2D eigenvalue weighted by Crippen LogP contribution is -2.35. The van der Waals surface area contributed by atoms with Gasteiger partial charge in [-0.2, -0.15) is 0 Å². The van der Waals surface area contributed by atoms with Crippen LogP contribution in [0.1, 0.15) is 33.6 Å². The fourth-order valence-corrected chi connectivity index (χ4v) is 0.658. The van der Waals surface area contributed by atoms with Gasteiger partial charge in [0.2, 0.25) is 5.91 Å². The Bertz CT molecular complexity index is 183. The van der Waals surface area contributed by atoms with Gasteiger partial charge in [-0.25, -0.2) is 0 Å². The van der Waals surface area contributed by atoms with Crippen molar-refractivity contribution in [1.82, 2.24) is 5.32 Å². The highest BCUT2D eigenvalue weighted by molar-refractivity contribution is 5.81. The lowest BCUT2D eigenvalue weighted by molar-refractivity contribution is -0.128. The fourth-order valence-electron chi connectivity index (χ4n) is 0.658. The van der Waals surface area contributed by atoms with Gasteiger partial charge in [0.05, 0.1) is 0 Å². The SMILES string of the molecule is C#CCCCNC(=O)C(C)(C)C.